The predicted octanol–water partition coefficient (Wildman–Crippen LogP) is 3.02. The van der Waals surface area contributed by atoms with Crippen molar-refractivity contribution in [3.63, 3.8) is 0 Å². The Morgan fingerprint density at radius 2 is 2.09 bits per heavy atom. The molecule has 5 aromatic rings. The number of benzene rings is 1. The molecule has 2 aliphatic rings. The van der Waals surface area contributed by atoms with Crippen molar-refractivity contribution in [3.05, 3.63) is 67.2 Å². The number of hydrogen-bond acceptors (Lipinski definition) is 8. The van der Waals surface area contributed by atoms with Gasteiger partial charge in [0.1, 0.15) is 35.5 Å². The third-order valence-electron chi connectivity index (χ3n) is 7.19. The molecule has 4 aromatic heterocycles. The summed E-state index contributed by atoms with van der Waals surface area (Å²) in [5.41, 5.74) is 2.57. The molecule has 0 N–H and O–H groups in total. The van der Waals surface area contributed by atoms with E-state index in [0.29, 0.717) is 5.95 Å². The molecule has 1 fully saturated rings. The van der Waals surface area contributed by atoms with E-state index in [0.717, 1.165) is 66.0 Å². The van der Waals surface area contributed by atoms with E-state index in [9.17, 15) is 0 Å². The SMILES string of the molecule is CC[C@@]12CCCN1c1nc(-n3ccnc3-c3cccc(-n4cncn4)c3)ncc1-n1c(C)nnc12. The molecule has 11 nitrogen and oxygen atoms in total. The van der Waals surface area contributed by atoms with Gasteiger partial charge in [-0.3, -0.25) is 9.13 Å². The standard InChI is InChI=1S/C24H23N11/c1-3-24-8-5-10-33(24)21-19(35-16(2)30-31-22(24)35)13-27-23(29-21)32-11-9-26-20(32)17-6-4-7-18(12-17)34-15-25-14-28-34/h4,6-7,9,11-15H,3,5,8,10H2,1-2H3/t24-/m0/s1. The zero-order chi connectivity index (χ0) is 23.6. The van der Waals surface area contributed by atoms with Gasteiger partial charge in [0.15, 0.2) is 11.6 Å². The molecule has 0 spiro atoms. The third kappa shape index (κ3) is 2.74. The van der Waals surface area contributed by atoms with Crippen LogP contribution < -0.4 is 4.90 Å². The molecule has 11 heteroatoms. The second kappa shape index (κ2) is 7.29. The van der Waals surface area contributed by atoms with Gasteiger partial charge in [0.2, 0.25) is 5.95 Å². The largest absolute Gasteiger partial charge is 0.342 e. The normalized spacial score (nSPS) is 18.4. The second-order valence-electron chi connectivity index (χ2n) is 8.94. The molecule has 35 heavy (non-hydrogen) atoms. The van der Waals surface area contributed by atoms with Crippen molar-refractivity contribution in [2.75, 3.05) is 11.4 Å². The van der Waals surface area contributed by atoms with Gasteiger partial charge in [-0.1, -0.05) is 19.1 Å². The van der Waals surface area contributed by atoms with Crippen LogP contribution in [0, 0.1) is 6.92 Å². The number of aromatic nitrogens is 10. The van der Waals surface area contributed by atoms with Crippen LogP contribution in [0.2, 0.25) is 0 Å². The van der Waals surface area contributed by atoms with Gasteiger partial charge in [-0.2, -0.15) is 10.1 Å². The Kier molecular flexibility index (Phi) is 4.17. The van der Waals surface area contributed by atoms with Crippen LogP contribution in [0.3, 0.4) is 0 Å². The Morgan fingerprint density at radius 1 is 1.14 bits per heavy atom. The van der Waals surface area contributed by atoms with E-state index in [2.05, 4.69) is 41.7 Å². The first-order chi connectivity index (χ1) is 17.2. The first-order valence-corrected chi connectivity index (χ1v) is 11.8. The molecule has 7 rings (SSSR count). The summed E-state index contributed by atoms with van der Waals surface area (Å²) in [5, 5.41) is 13.2. The molecular weight excluding hydrogens is 442 g/mol. The Hall–Kier alpha value is -4.41. The number of rotatable bonds is 4. The molecule has 0 amide bonds. The zero-order valence-electron chi connectivity index (χ0n) is 19.4. The number of anilines is 1. The van der Waals surface area contributed by atoms with Crippen molar-refractivity contribution in [1.29, 1.82) is 0 Å². The van der Waals surface area contributed by atoms with Gasteiger partial charge in [0.05, 0.1) is 11.9 Å². The molecule has 0 radical (unpaired) electrons. The monoisotopic (exact) mass is 465 g/mol. The lowest BCUT2D eigenvalue weighted by molar-refractivity contribution is 0.381. The summed E-state index contributed by atoms with van der Waals surface area (Å²) in [6.45, 7) is 5.13. The van der Waals surface area contributed by atoms with Crippen LogP contribution in [-0.2, 0) is 5.54 Å². The Balaban J connectivity index is 1.37. The number of aryl methyl sites for hydroxylation is 1. The first-order valence-electron chi connectivity index (χ1n) is 11.8. The third-order valence-corrected chi connectivity index (χ3v) is 7.19. The first kappa shape index (κ1) is 20.0. The Bertz CT molecular complexity index is 1550. The topological polar surface area (TPSA) is 108 Å². The van der Waals surface area contributed by atoms with E-state index in [1.807, 2.05) is 48.1 Å². The minimum atomic E-state index is -0.191. The molecule has 0 aliphatic carbocycles. The number of imidazole rings is 1. The fourth-order valence-electron chi connectivity index (χ4n) is 5.53. The fourth-order valence-corrected chi connectivity index (χ4v) is 5.53. The lowest BCUT2D eigenvalue weighted by atomic mass is 9.90. The number of hydrogen-bond donors (Lipinski definition) is 0. The maximum Gasteiger partial charge on any atom is 0.237 e. The highest BCUT2D eigenvalue weighted by atomic mass is 15.4. The molecule has 0 unspecified atom stereocenters. The van der Waals surface area contributed by atoms with Gasteiger partial charge in [-0.15, -0.1) is 10.2 Å². The Morgan fingerprint density at radius 3 is 2.94 bits per heavy atom. The maximum atomic E-state index is 5.10. The van der Waals surface area contributed by atoms with E-state index < -0.39 is 0 Å². The smallest absolute Gasteiger partial charge is 0.237 e. The summed E-state index contributed by atoms with van der Waals surface area (Å²) < 4.78 is 5.78. The molecule has 1 aromatic carbocycles. The second-order valence-corrected chi connectivity index (χ2v) is 8.94. The maximum absolute atomic E-state index is 5.10. The van der Waals surface area contributed by atoms with Crippen LogP contribution >= 0.6 is 0 Å². The van der Waals surface area contributed by atoms with E-state index in [1.165, 1.54) is 6.33 Å². The van der Waals surface area contributed by atoms with Crippen molar-refractivity contribution in [2.24, 2.45) is 0 Å². The van der Waals surface area contributed by atoms with Gasteiger partial charge in [0, 0.05) is 24.5 Å². The van der Waals surface area contributed by atoms with Crippen molar-refractivity contribution in [3.8, 4) is 28.7 Å². The highest BCUT2D eigenvalue weighted by Gasteiger charge is 2.50. The quantitative estimate of drug-likeness (QED) is 0.399. The summed E-state index contributed by atoms with van der Waals surface area (Å²) in [6.07, 6.45) is 11.8. The lowest BCUT2D eigenvalue weighted by Gasteiger charge is -2.42. The average molecular weight is 466 g/mol. The molecule has 1 saturated heterocycles. The Labute approximate surface area is 201 Å². The summed E-state index contributed by atoms with van der Waals surface area (Å²) >= 11 is 0. The van der Waals surface area contributed by atoms with E-state index in [1.54, 1.807) is 17.2 Å². The summed E-state index contributed by atoms with van der Waals surface area (Å²) in [6, 6.07) is 8.02. The summed E-state index contributed by atoms with van der Waals surface area (Å²) in [5.74, 6) is 4.10. The predicted molar refractivity (Wildman–Crippen MR) is 128 cm³/mol. The van der Waals surface area contributed by atoms with Gasteiger partial charge in [0.25, 0.3) is 0 Å². The van der Waals surface area contributed by atoms with Crippen molar-refractivity contribution in [1.82, 2.24) is 49.0 Å². The van der Waals surface area contributed by atoms with Crippen LogP contribution in [0.5, 0.6) is 0 Å². The van der Waals surface area contributed by atoms with Crippen molar-refractivity contribution >= 4 is 5.82 Å². The molecule has 1 atom stereocenters. The highest BCUT2D eigenvalue weighted by Crippen LogP contribution is 2.49. The molecular formula is C24H23N11. The van der Waals surface area contributed by atoms with Gasteiger partial charge in [-0.25, -0.2) is 19.6 Å². The van der Waals surface area contributed by atoms with E-state index in [-0.39, 0.29) is 5.54 Å². The lowest BCUT2D eigenvalue weighted by Crippen LogP contribution is -2.47. The van der Waals surface area contributed by atoms with Crippen LogP contribution in [0.25, 0.3) is 28.7 Å². The fraction of sp³-hybridized carbons (Fsp3) is 0.292. The average Bonchev–Trinajstić information content (AvgIpc) is 3.70. The van der Waals surface area contributed by atoms with E-state index in [4.69, 9.17) is 9.97 Å². The van der Waals surface area contributed by atoms with Crippen LogP contribution in [0.15, 0.2) is 55.5 Å². The molecule has 6 heterocycles. The van der Waals surface area contributed by atoms with Gasteiger partial charge in [-0.05, 0) is 38.3 Å². The number of nitrogens with zero attached hydrogens (tertiary/aromatic N) is 11. The van der Waals surface area contributed by atoms with Gasteiger partial charge < -0.3 is 4.90 Å². The van der Waals surface area contributed by atoms with Crippen LogP contribution in [0.4, 0.5) is 5.82 Å². The van der Waals surface area contributed by atoms with Crippen molar-refractivity contribution < 1.29 is 0 Å². The van der Waals surface area contributed by atoms with E-state index >= 15 is 0 Å². The van der Waals surface area contributed by atoms with Crippen LogP contribution in [-0.4, -0.2) is 55.6 Å². The van der Waals surface area contributed by atoms with Crippen LogP contribution in [0.1, 0.15) is 37.8 Å². The summed E-state index contributed by atoms with van der Waals surface area (Å²) in [7, 11) is 0. The number of fused-ring (bicyclic) bond motifs is 6. The minimum Gasteiger partial charge on any atom is -0.342 e. The highest BCUT2D eigenvalue weighted by molar-refractivity contribution is 5.66. The minimum absolute atomic E-state index is 0.191. The molecule has 2 aliphatic heterocycles. The summed E-state index contributed by atoms with van der Waals surface area (Å²) in [4.78, 5) is 20.9. The van der Waals surface area contributed by atoms with Gasteiger partial charge >= 0.3 is 0 Å². The molecule has 174 valence electrons. The zero-order valence-corrected chi connectivity index (χ0v) is 19.4. The molecule has 0 saturated carbocycles. The van der Waals surface area contributed by atoms with Crippen molar-refractivity contribution in [2.45, 2.75) is 38.6 Å². The molecule has 0 bridgehead atoms.